The Labute approximate surface area is 122 Å². The van der Waals surface area contributed by atoms with Gasteiger partial charge >= 0.3 is 0 Å². The van der Waals surface area contributed by atoms with Crippen LogP contribution in [0.1, 0.15) is 18.1 Å². The normalized spacial score (nSPS) is 13.9. The molecule has 0 heterocycles. The van der Waals surface area contributed by atoms with E-state index in [1.54, 1.807) is 0 Å². The molecule has 0 aromatic heterocycles. The Kier molecular flexibility index (Phi) is 3.97. The third-order valence-electron chi connectivity index (χ3n) is 3.35. The molecule has 2 aromatic carbocycles. The summed E-state index contributed by atoms with van der Waals surface area (Å²) in [5.41, 5.74) is 1.91. The number of aliphatic hydroxyl groups is 1. The molecule has 0 aliphatic heterocycles. The third kappa shape index (κ3) is 2.99. The van der Waals surface area contributed by atoms with E-state index in [2.05, 4.69) is 15.9 Å². The summed E-state index contributed by atoms with van der Waals surface area (Å²) >= 11 is 3.41. The first-order valence-electron chi connectivity index (χ1n) is 6.17. The third-order valence-corrected chi connectivity index (χ3v) is 3.88. The van der Waals surface area contributed by atoms with E-state index in [4.69, 9.17) is 0 Å². The number of rotatable bonds is 3. The lowest BCUT2D eigenvalue weighted by atomic mass is 9.88. The molecule has 2 aromatic rings. The second-order valence-corrected chi connectivity index (χ2v) is 5.94. The first kappa shape index (κ1) is 14.1. The predicted octanol–water partition coefficient (Wildman–Crippen LogP) is 3.77. The van der Waals surface area contributed by atoms with Crippen LogP contribution >= 0.6 is 15.9 Å². The molecule has 2 nitrogen and oxygen atoms in total. The van der Waals surface area contributed by atoms with Crippen molar-refractivity contribution in [3.05, 3.63) is 64.1 Å². The molecule has 100 valence electrons. The summed E-state index contributed by atoms with van der Waals surface area (Å²) in [6.45, 7) is 1.82. The molecule has 1 unspecified atom stereocenters. The number of benzene rings is 2. The van der Waals surface area contributed by atoms with Gasteiger partial charge in [0, 0.05) is 24.3 Å². The maximum atomic E-state index is 10.7. The zero-order valence-electron chi connectivity index (χ0n) is 11.4. The van der Waals surface area contributed by atoms with Gasteiger partial charge in [0.25, 0.3) is 0 Å². The van der Waals surface area contributed by atoms with E-state index in [1.807, 2.05) is 74.4 Å². The van der Waals surface area contributed by atoms with Gasteiger partial charge in [-0.1, -0.05) is 40.2 Å². The summed E-state index contributed by atoms with van der Waals surface area (Å²) in [5, 5.41) is 10.7. The van der Waals surface area contributed by atoms with Gasteiger partial charge in [0.1, 0.15) is 5.60 Å². The number of anilines is 1. The van der Waals surface area contributed by atoms with Crippen LogP contribution in [0.15, 0.2) is 53.0 Å². The molecule has 0 radical (unpaired) electrons. The standard InChI is InChI=1S/C16H18BrNO/c1-16(19,12-4-8-14(17)9-5-12)13-6-10-15(11-7-13)18(2)3/h4-11,19H,1-3H3. The van der Waals surface area contributed by atoms with E-state index < -0.39 is 5.60 Å². The average molecular weight is 320 g/mol. The van der Waals surface area contributed by atoms with Crippen molar-refractivity contribution in [2.75, 3.05) is 19.0 Å². The van der Waals surface area contributed by atoms with Crippen LogP contribution in [0.2, 0.25) is 0 Å². The zero-order chi connectivity index (χ0) is 14.0. The Hall–Kier alpha value is -1.32. The van der Waals surface area contributed by atoms with Gasteiger partial charge < -0.3 is 10.0 Å². The number of hydrogen-bond donors (Lipinski definition) is 1. The SMILES string of the molecule is CN(C)c1ccc(C(C)(O)c2ccc(Br)cc2)cc1. The van der Waals surface area contributed by atoms with Gasteiger partial charge in [0.2, 0.25) is 0 Å². The van der Waals surface area contributed by atoms with Gasteiger partial charge in [-0.05, 0) is 42.3 Å². The quantitative estimate of drug-likeness (QED) is 0.930. The van der Waals surface area contributed by atoms with Crippen molar-refractivity contribution in [2.24, 2.45) is 0 Å². The zero-order valence-corrected chi connectivity index (χ0v) is 13.0. The number of halogens is 1. The molecule has 0 bridgehead atoms. The fraction of sp³-hybridized carbons (Fsp3) is 0.250. The molecular formula is C16H18BrNO. The maximum Gasteiger partial charge on any atom is 0.112 e. The van der Waals surface area contributed by atoms with Gasteiger partial charge in [0.15, 0.2) is 0 Å². The fourth-order valence-corrected chi connectivity index (χ4v) is 2.29. The minimum atomic E-state index is -0.981. The fourth-order valence-electron chi connectivity index (χ4n) is 2.03. The van der Waals surface area contributed by atoms with Crippen LogP contribution in [0.5, 0.6) is 0 Å². The topological polar surface area (TPSA) is 23.5 Å². The lowest BCUT2D eigenvalue weighted by molar-refractivity contribution is 0.102. The molecule has 0 aliphatic rings. The van der Waals surface area contributed by atoms with E-state index in [1.165, 1.54) is 0 Å². The van der Waals surface area contributed by atoms with Crippen molar-refractivity contribution in [2.45, 2.75) is 12.5 Å². The van der Waals surface area contributed by atoms with Crippen LogP contribution in [0, 0.1) is 0 Å². The highest BCUT2D eigenvalue weighted by molar-refractivity contribution is 9.10. The van der Waals surface area contributed by atoms with E-state index in [0.29, 0.717) is 0 Å². The highest BCUT2D eigenvalue weighted by atomic mass is 79.9. The van der Waals surface area contributed by atoms with Gasteiger partial charge in [-0.25, -0.2) is 0 Å². The van der Waals surface area contributed by atoms with Crippen molar-refractivity contribution in [3.8, 4) is 0 Å². The number of hydrogen-bond acceptors (Lipinski definition) is 2. The summed E-state index contributed by atoms with van der Waals surface area (Å²) in [6, 6.07) is 15.7. The first-order valence-corrected chi connectivity index (χ1v) is 6.97. The molecule has 0 amide bonds. The van der Waals surface area contributed by atoms with Crippen molar-refractivity contribution in [3.63, 3.8) is 0 Å². The van der Waals surface area contributed by atoms with Crippen LogP contribution in [0.4, 0.5) is 5.69 Å². The lowest BCUT2D eigenvalue weighted by Crippen LogP contribution is -2.22. The summed E-state index contributed by atoms with van der Waals surface area (Å²) in [4.78, 5) is 2.04. The second-order valence-electron chi connectivity index (χ2n) is 5.02. The van der Waals surface area contributed by atoms with E-state index in [-0.39, 0.29) is 0 Å². The van der Waals surface area contributed by atoms with E-state index in [0.717, 1.165) is 21.3 Å². The van der Waals surface area contributed by atoms with Crippen molar-refractivity contribution in [1.82, 2.24) is 0 Å². The van der Waals surface area contributed by atoms with E-state index in [9.17, 15) is 5.11 Å². The van der Waals surface area contributed by atoms with Crippen molar-refractivity contribution in [1.29, 1.82) is 0 Å². The summed E-state index contributed by atoms with van der Waals surface area (Å²) in [6.07, 6.45) is 0. The first-order chi connectivity index (χ1) is 8.91. The molecular weight excluding hydrogens is 302 g/mol. The van der Waals surface area contributed by atoms with Crippen LogP contribution in [-0.2, 0) is 5.60 Å². The molecule has 0 fully saturated rings. The summed E-state index contributed by atoms with van der Waals surface area (Å²) in [5.74, 6) is 0. The maximum absolute atomic E-state index is 10.7. The summed E-state index contributed by atoms with van der Waals surface area (Å²) in [7, 11) is 4.00. The Morgan fingerprint density at radius 1 is 0.895 bits per heavy atom. The minimum absolute atomic E-state index is 0.883. The average Bonchev–Trinajstić information content (AvgIpc) is 2.39. The Balaban J connectivity index is 2.35. The van der Waals surface area contributed by atoms with Gasteiger partial charge in [0.05, 0.1) is 0 Å². The molecule has 0 saturated heterocycles. The van der Waals surface area contributed by atoms with Crippen LogP contribution in [0.3, 0.4) is 0 Å². The molecule has 3 heteroatoms. The van der Waals surface area contributed by atoms with Crippen LogP contribution < -0.4 is 4.90 Å². The number of nitrogens with zero attached hydrogens (tertiary/aromatic N) is 1. The van der Waals surface area contributed by atoms with Gasteiger partial charge in [-0.3, -0.25) is 0 Å². The molecule has 2 rings (SSSR count). The van der Waals surface area contributed by atoms with Gasteiger partial charge in [-0.15, -0.1) is 0 Å². The minimum Gasteiger partial charge on any atom is -0.381 e. The Morgan fingerprint density at radius 2 is 1.32 bits per heavy atom. The molecule has 19 heavy (non-hydrogen) atoms. The lowest BCUT2D eigenvalue weighted by Gasteiger charge is -2.25. The second kappa shape index (κ2) is 5.35. The summed E-state index contributed by atoms with van der Waals surface area (Å²) < 4.78 is 1.01. The highest BCUT2D eigenvalue weighted by Gasteiger charge is 2.25. The van der Waals surface area contributed by atoms with Crippen LogP contribution in [0.25, 0.3) is 0 Å². The predicted molar refractivity (Wildman–Crippen MR) is 83.6 cm³/mol. The monoisotopic (exact) mass is 319 g/mol. The van der Waals surface area contributed by atoms with Crippen LogP contribution in [-0.4, -0.2) is 19.2 Å². The van der Waals surface area contributed by atoms with E-state index >= 15 is 0 Å². The van der Waals surface area contributed by atoms with Gasteiger partial charge in [-0.2, -0.15) is 0 Å². The Morgan fingerprint density at radius 3 is 1.74 bits per heavy atom. The van der Waals surface area contributed by atoms with Crippen molar-refractivity contribution >= 4 is 21.6 Å². The molecule has 1 N–H and O–H groups in total. The molecule has 1 atom stereocenters. The Bertz CT molecular complexity index is 544. The smallest absolute Gasteiger partial charge is 0.112 e. The molecule has 0 saturated carbocycles. The largest absolute Gasteiger partial charge is 0.381 e. The highest BCUT2D eigenvalue weighted by Crippen LogP contribution is 2.30. The molecule has 0 aliphatic carbocycles. The van der Waals surface area contributed by atoms with Crippen molar-refractivity contribution < 1.29 is 5.11 Å². The molecule has 0 spiro atoms.